The quantitative estimate of drug-likeness (QED) is 0.704. The molecule has 0 saturated heterocycles. The number of carbonyl (C=O) groups excluding carboxylic acids is 3. The van der Waals surface area contributed by atoms with Crippen LogP contribution in [0.5, 0.6) is 0 Å². The lowest BCUT2D eigenvalue weighted by Gasteiger charge is -2.14. The Balaban J connectivity index is 1.57. The Morgan fingerprint density at radius 2 is 1.67 bits per heavy atom. The van der Waals surface area contributed by atoms with Crippen molar-refractivity contribution in [3.8, 4) is 0 Å². The summed E-state index contributed by atoms with van der Waals surface area (Å²) in [6, 6.07) is 16.2. The summed E-state index contributed by atoms with van der Waals surface area (Å²) in [7, 11) is 0. The van der Waals surface area contributed by atoms with E-state index in [0.29, 0.717) is 22.0 Å². The standard InChI is InChI=1S/C20H12ClN3O3/c21-15-5-1-2-6-16(15)23-18(25)12-7-9-13(10-8-12)24-19(26)14-4-3-11-22-17(14)20(24)27/h1-11H,(H,23,25). The minimum atomic E-state index is -0.483. The highest BCUT2D eigenvalue weighted by Gasteiger charge is 2.37. The fourth-order valence-electron chi connectivity index (χ4n) is 2.82. The predicted octanol–water partition coefficient (Wildman–Crippen LogP) is 3.79. The third kappa shape index (κ3) is 2.96. The molecule has 2 aromatic carbocycles. The van der Waals surface area contributed by atoms with Gasteiger partial charge in [-0.15, -0.1) is 0 Å². The van der Waals surface area contributed by atoms with E-state index in [1.165, 1.54) is 6.20 Å². The monoisotopic (exact) mass is 377 g/mol. The van der Waals surface area contributed by atoms with Gasteiger partial charge in [-0.25, -0.2) is 4.90 Å². The van der Waals surface area contributed by atoms with Crippen molar-refractivity contribution in [1.29, 1.82) is 0 Å². The Labute approximate surface area is 159 Å². The number of pyridine rings is 1. The maximum Gasteiger partial charge on any atom is 0.284 e. The van der Waals surface area contributed by atoms with E-state index >= 15 is 0 Å². The van der Waals surface area contributed by atoms with Gasteiger partial charge in [0, 0.05) is 11.8 Å². The van der Waals surface area contributed by atoms with Crippen molar-refractivity contribution >= 4 is 40.7 Å². The number of aromatic nitrogens is 1. The van der Waals surface area contributed by atoms with E-state index in [0.717, 1.165) is 4.90 Å². The number of hydrogen-bond acceptors (Lipinski definition) is 4. The molecular formula is C20H12ClN3O3. The predicted molar refractivity (Wildman–Crippen MR) is 101 cm³/mol. The van der Waals surface area contributed by atoms with E-state index in [9.17, 15) is 14.4 Å². The summed E-state index contributed by atoms with van der Waals surface area (Å²) in [6.45, 7) is 0. The van der Waals surface area contributed by atoms with E-state index in [4.69, 9.17) is 11.6 Å². The first-order chi connectivity index (χ1) is 13.1. The molecule has 3 aromatic rings. The number of carbonyl (C=O) groups is 3. The van der Waals surface area contributed by atoms with Gasteiger partial charge >= 0.3 is 0 Å². The number of anilines is 2. The molecule has 1 N–H and O–H groups in total. The molecule has 132 valence electrons. The molecule has 4 rings (SSSR count). The minimum Gasteiger partial charge on any atom is -0.321 e. The number of benzene rings is 2. The van der Waals surface area contributed by atoms with Crippen LogP contribution in [0, 0.1) is 0 Å². The zero-order chi connectivity index (χ0) is 19.0. The van der Waals surface area contributed by atoms with Gasteiger partial charge in [0.15, 0.2) is 0 Å². The normalized spacial score (nSPS) is 12.9. The molecule has 1 aliphatic rings. The highest BCUT2D eigenvalue weighted by atomic mass is 35.5. The molecule has 27 heavy (non-hydrogen) atoms. The van der Waals surface area contributed by atoms with Crippen LogP contribution >= 0.6 is 11.6 Å². The summed E-state index contributed by atoms with van der Waals surface area (Å²) < 4.78 is 0. The maximum absolute atomic E-state index is 12.5. The number of fused-ring (bicyclic) bond motifs is 1. The second kappa shape index (κ2) is 6.66. The van der Waals surface area contributed by atoms with Crippen LogP contribution < -0.4 is 10.2 Å². The van der Waals surface area contributed by atoms with E-state index in [2.05, 4.69) is 10.3 Å². The second-order valence-electron chi connectivity index (χ2n) is 5.83. The highest BCUT2D eigenvalue weighted by molar-refractivity contribution is 6.34. The van der Waals surface area contributed by atoms with Gasteiger partial charge in [-0.2, -0.15) is 0 Å². The molecule has 1 aliphatic heterocycles. The first-order valence-corrected chi connectivity index (χ1v) is 8.44. The molecule has 0 bridgehead atoms. The van der Waals surface area contributed by atoms with E-state index in [-0.39, 0.29) is 17.2 Å². The fraction of sp³-hybridized carbons (Fsp3) is 0. The van der Waals surface area contributed by atoms with Gasteiger partial charge in [0.05, 0.1) is 22.0 Å². The summed E-state index contributed by atoms with van der Waals surface area (Å²) in [5.41, 5.74) is 1.64. The SMILES string of the molecule is O=C(Nc1ccccc1Cl)c1ccc(N2C(=O)c3cccnc3C2=O)cc1. The zero-order valence-corrected chi connectivity index (χ0v) is 14.6. The van der Waals surface area contributed by atoms with Crippen LogP contribution in [0.1, 0.15) is 31.2 Å². The summed E-state index contributed by atoms with van der Waals surface area (Å²) >= 11 is 6.04. The number of imide groups is 1. The third-order valence-electron chi connectivity index (χ3n) is 4.16. The number of nitrogens with zero attached hydrogens (tertiary/aromatic N) is 2. The van der Waals surface area contributed by atoms with Gasteiger partial charge < -0.3 is 5.32 Å². The lowest BCUT2D eigenvalue weighted by atomic mass is 10.1. The van der Waals surface area contributed by atoms with Gasteiger partial charge in [-0.3, -0.25) is 19.4 Å². The molecule has 1 aromatic heterocycles. The minimum absolute atomic E-state index is 0.128. The number of nitrogens with one attached hydrogen (secondary N) is 1. The molecule has 7 heteroatoms. The first kappa shape index (κ1) is 16.9. The Morgan fingerprint density at radius 1 is 0.926 bits per heavy atom. The van der Waals surface area contributed by atoms with Crippen molar-refractivity contribution in [1.82, 2.24) is 4.98 Å². The molecule has 0 radical (unpaired) electrons. The van der Waals surface area contributed by atoms with Crippen molar-refractivity contribution in [3.63, 3.8) is 0 Å². The smallest absolute Gasteiger partial charge is 0.284 e. The fourth-order valence-corrected chi connectivity index (χ4v) is 3.00. The van der Waals surface area contributed by atoms with Crippen molar-refractivity contribution in [2.45, 2.75) is 0 Å². The third-order valence-corrected chi connectivity index (χ3v) is 4.49. The number of amides is 3. The molecule has 2 heterocycles. The molecule has 0 unspecified atom stereocenters. The molecule has 3 amide bonds. The molecule has 0 aliphatic carbocycles. The van der Waals surface area contributed by atoms with Gasteiger partial charge in [0.2, 0.25) is 0 Å². The highest BCUT2D eigenvalue weighted by Crippen LogP contribution is 2.27. The van der Waals surface area contributed by atoms with E-state index < -0.39 is 11.8 Å². The number of rotatable bonds is 3. The molecule has 0 spiro atoms. The van der Waals surface area contributed by atoms with Crippen LogP contribution in [0.25, 0.3) is 0 Å². The lowest BCUT2D eigenvalue weighted by Crippen LogP contribution is -2.29. The van der Waals surface area contributed by atoms with Crippen LogP contribution in [0.3, 0.4) is 0 Å². The van der Waals surface area contributed by atoms with Gasteiger partial charge in [0.25, 0.3) is 17.7 Å². The van der Waals surface area contributed by atoms with Crippen molar-refractivity contribution in [2.24, 2.45) is 0 Å². The molecule has 0 fully saturated rings. The summed E-state index contributed by atoms with van der Waals surface area (Å²) in [5, 5.41) is 3.15. The van der Waals surface area contributed by atoms with Crippen LogP contribution in [0.15, 0.2) is 66.9 Å². The Hall–Kier alpha value is -3.51. The zero-order valence-electron chi connectivity index (χ0n) is 13.8. The summed E-state index contributed by atoms with van der Waals surface area (Å²) in [6.07, 6.45) is 1.47. The molecule has 6 nitrogen and oxygen atoms in total. The van der Waals surface area contributed by atoms with Crippen molar-refractivity contribution in [3.05, 3.63) is 88.7 Å². The van der Waals surface area contributed by atoms with Crippen LogP contribution in [0.2, 0.25) is 5.02 Å². The Bertz CT molecular complexity index is 1040. The maximum atomic E-state index is 12.5. The molecule has 0 atom stereocenters. The van der Waals surface area contributed by atoms with Crippen LogP contribution in [0.4, 0.5) is 11.4 Å². The Morgan fingerprint density at radius 3 is 2.37 bits per heavy atom. The molecular weight excluding hydrogens is 366 g/mol. The molecule has 0 saturated carbocycles. The van der Waals surface area contributed by atoms with E-state index in [1.54, 1.807) is 60.7 Å². The van der Waals surface area contributed by atoms with Crippen molar-refractivity contribution in [2.75, 3.05) is 10.2 Å². The Kier molecular flexibility index (Phi) is 4.18. The van der Waals surface area contributed by atoms with Gasteiger partial charge in [-0.05, 0) is 48.5 Å². The van der Waals surface area contributed by atoms with Crippen LogP contribution in [-0.2, 0) is 0 Å². The second-order valence-corrected chi connectivity index (χ2v) is 6.23. The average molecular weight is 378 g/mol. The number of halogens is 1. The summed E-state index contributed by atoms with van der Waals surface area (Å²) in [4.78, 5) is 42.3. The van der Waals surface area contributed by atoms with Crippen LogP contribution in [-0.4, -0.2) is 22.7 Å². The first-order valence-electron chi connectivity index (χ1n) is 8.06. The van der Waals surface area contributed by atoms with E-state index in [1.807, 2.05) is 0 Å². The number of para-hydroxylation sites is 1. The average Bonchev–Trinajstić information content (AvgIpc) is 2.95. The largest absolute Gasteiger partial charge is 0.321 e. The summed E-state index contributed by atoms with van der Waals surface area (Å²) in [5.74, 6) is -1.26. The van der Waals surface area contributed by atoms with Gasteiger partial charge in [-0.1, -0.05) is 23.7 Å². The van der Waals surface area contributed by atoms with Crippen molar-refractivity contribution < 1.29 is 14.4 Å². The lowest BCUT2D eigenvalue weighted by molar-refractivity contribution is 0.0924. The number of hydrogen-bond donors (Lipinski definition) is 1. The topological polar surface area (TPSA) is 79.4 Å². The van der Waals surface area contributed by atoms with Gasteiger partial charge in [0.1, 0.15) is 5.69 Å².